The van der Waals surface area contributed by atoms with Crippen LogP contribution in [0, 0.1) is 0 Å². The van der Waals surface area contributed by atoms with Gasteiger partial charge in [-0.3, -0.25) is 9.59 Å². The van der Waals surface area contributed by atoms with Gasteiger partial charge in [0.15, 0.2) is 11.4 Å². The van der Waals surface area contributed by atoms with Crippen molar-refractivity contribution >= 4 is 43.5 Å². The van der Waals surface area contributed by atoms with E-state index in [-0.39, 0.29) is 29.5 Å². The Labute approximate surface area is 187 Å². The molecule has 0 unspecified atom stereocenters. The maximum absolute atomic E-state index is 12.4. The molecule has 0 spiro atoms. The number of carbonyl (C=O) groups excluding carboxylic acids is 2. The molecule has 0 bridgehead atoms. The van der Waals surface area contributed by atoms with Crippen molar-refractivity contribution in [3.8, 4) is 11.5 Å². The van der Waals surface area contributed by atoms with Gasteiger partial charge in [-0.05, 0) is 37.3 Å². The Bertz CT molecular complexity index is 1330. The maximum atomic E-state index is 12.4. The fraction of sp³-hybridized carbons (Fsp3) is 0.250. The van der Waals surface area contributed by atoms with E-state index in [4.69, 9.17) is 19.3 Å². The molecule has 1 amide bonds. The number of amides is 1. The zero-order valence-electron chi connectivity index (χ0n) is 17.3. The highest BCUT2D eigenvalue weighted by Crippen LogP contribution is 2.22. The molecule has 2 N–H and O–H groups in total. The third kappa shape index (κ3) is 5.72. The molecule has 1 heterocycles. The van der Waals surface area contributed by atoms with Crippen LogP contribution in [0.1, 0.15) is 6.92 Å². The highest BCUT2D eigenvalue weighted by atomic mass is 32.2. The van der Waals surface area contributed by atoms with Crippen LogP contribution in [0.15, 0.2) is 52.4 Å². The van der Waals surface area contributed by atoms with Crippen molar-refractivity contribution in [2.75, 3.05) is 20.3 Å². The fourth-order valence-electron chi connectivity index (χ4n) is 2.78. The van der Waals surface area contributed by atoms with Crippen molar-refractivity contribution in [1.82, 2.24) is 4.57 Å². The van der Waals surface area contributed by atoms with Crippen LogP contribution in [0.5, 0.6) is 11.5 Å². The summed E-state index contributed by atoms with van der Waals surface area (Å²) in [5.41, 5.74) is 0.510. The Hall–Kier alpha value is -3.22. The highest BCUT2D eigenvalue weighted by Gasteiger charge is 2.15. The molecule has 12 heteroatoms. The summed E-state index contributed by atoms with van der Waals surface area (Å²) in [7, 11) is -2.40. The van der Waals surface area contributed by atoms with E-state index in [9.17, 15) is 18.0 Å². The minimum atomic E-state index is -3.92. The van der Waals surface area contributed by atoms with Crippen molar-refractivity contribution in [1.29, 1.82) is 0 Å². The predicted octanol–water partition coefficient (Wildman–Crippen LogP) is 1.43. The van der Waals surface area contributed by atoms with Gasteiger partial charge in [0.05, 0.1) is 28.8 Å². The first-order valence-electron chi connectivity index (χ1n) is 9.37. The van der Waals surface area contributed by atoms with Crippen LogP contribution in [0.4, 0.5) is 0 Å². The lowest BCUT2D eigenvalue weighted by Crippen LogP contribution is -2.24. The molecule has 32 heavy (non-hydrogen) atoms. The van der Waals surface area contributed by atoms with Gasteiger partial charge < -0.3 is 18.8 Å². The van der Waals surface area contributed by atoms with E-state index in [2.05, 4.69) is 4.99 Å². The van der Waals surface area contributed by atoms with Crippen LogP contribution in [0.3, 0.4) is 0 Å². The molecule has 170 valence electrons. The summed E-state index contributed by atoms with van der Waals surface area (Å²) >= 11 is 1.04. The fourth-order valence-corrected chi connectivity index (χ4v) is 4.48. The molecule has 0 aliphatic rings. The number of hydrogen-bond acceptors (Lipinski definition) is 8. The Morgan fingerprint density at radius 1 is 1.16 bits per heavy atom. The van der Waals surface area contributed by atoms with Crippen LogP contribution in [0.2, 0.25) is 0 Å². The Balaban J connectivity index is 1.95. The van der Waals surface area contributed by atoms with Gasteiger partial charge in [0.1, 0.15) is 18.0 Å². The van der Waals surface area contributed by atoms with Gasteiger partial charge in [0.25, 0.3) is 5.91 Å². The number of esters is 1. The molecule has 0 radical (unpaired) electrons. The lowest BCUT2D eigenvalue weighted by molar-refractivity contribution is -0.143. The Morgan fingerprint density at radius 3 is 2.59 bits per heavy atom. The van der Waals surface area contributed by atoms with E-state index in [1.54, 1.807) is 31.2 Å². The van der Waals surface area contributed by atoms with Crippen molar-refractivity contribution in [3.63, 3.8) is 0 Å². The summed E-state index contributed by atoms with van der Waals surface area (Å²) < 4.78 is 40.9. The lowest BCUT2D eigenvalue weighted by atomic mass is 10.3. The number of primary sulfonamides is 1. The van der Waals surface area contributed by atoms with Gasteiger partial charge in [-0.15, -0.1) is 0 Å². The second-order valence-electron chi connectivity index (χ2n) is 6.42. The first-order chi connectivity index (χ1) is 15.2. The van der Waals surface area contributed by atoms with E-state index in [1.807, 2.05) is 0 Å². The average molecular weight is 480 g/mol. The van der Waals surface area contributed by atoms with Gasteiger partial charge in [-0.2, -0.15) is 4.99 Å². The molecular weight excluding hydrogens is 458 g/mol. The molecule has 0 aliphatic heterocycles. The molecule has 0 fully saturated rings. The zero-order valence-corrected chi connectivity index (χ0v) is 18.9. The van der Waals surface area contributed by atoms with Crippen LogP contribution < -0.4 is 19.4 Å². The number of fused-ring (bicyclic) bond motifs is 1. The first kappa shape index (κ1) is 23.4. The van der Waals surface area contributed by atoms with Crippen molar-refractivity contribution in [2.45, 2.75) is 18.4 Å². The van der Waals surface area contributed by atoms with E-state index >= 15 is 0 Å². The second-order valence-corrected chi connectivity index (χ2v) is 8.99. The van der Waals surface area contributed by atoms with Crippen molar-refractivity contribution in [3.05, 3.63) is 47.3 Å². The number of ether oxygens (including phenoxy) is 3. The molecule has 0 saturated carbocycles. The molecule has 10 nitrogen and oxygen atoms in total. The Kier molecular flexibility index (Phi) is 7.28. The summed E-state index contributed by atoms with van der Waals surface area (Å²) in [5, 5.41) is 5.20. The van der Waals surface area contributed by atoms with Crippen LogP contribution in [-0.2, 0) is 30.9 Å². The summed E-state index contributed by atoms with van der Waals surface area (Å²) in [6.07, 6.45) is 0. The highest BCUT2D eigenvalue weighted by molar-refractivity contribution is 7.89. The largest absolute Gasteiger partial charge is 0.497 e. The van der Waals surface area contributed by atoms with Crippen molar-refractivity contribution < 1.29 is 32.2 Å². The number of sulfonamides is 1. The molecule has 0 atom stereocenters. The standard InChI is InChI=1S/C20H21N3O7S2/c1-3-29-19(25)11-23-16-8-7-15(32(21,26)27)10-17(16)31-20(23)22-18(24)12-30-14-6-4-5-13(9-14)28-2/h4-10H,3,11-12H2,1-2H3,(H2,21,26,27). The predicted molar refractivity (Wildman–Crippen MR) is 117 cm³/mol. The normalized spacial score (nSPS) is 12.0. The number of methoxy groups -OCH3 is 1. The van der Waals surface area contributed by atoms with Gasteiger partial charge in [-0.25, -0.2) is 13.6 Å². The molecule has 3 aromatic rings. The third-order valence-corrected chi connectivity index (χ3v) is 6.15. The Morgan fingerprint density at radius 2 is 1.91 bits per heavy atom. The smallest absolute Gasteiger partial charge is 0.326 e. The van der Waals surface area contributed by atoms with Gasteiger partial charge in [-0.1, -0.05) is 17.4 Å². The topological polar surface area (TPSA) is 139 Å². The van der Waals surface area contributed by atoms with Crippen LogP contribution in [0.25, 0.3) is 10.2 Å². The summed E-state index contributed by atoms with van der Waals surface area (Å²) in [5.74, 6) is -0.108. The molecular formula is C20H21N3O7S2. The number of benzene rings is 2. The first-order valence-corrected chi connectivity index (χ1v) is 11.7. The van der Waals surface area contributed by atoms with Crippen LogP contribution in [-0.4, -0.2) is 45.2 Å². The van der Waals surface area contributed by atoms with E-state index in [1.165, 1.54) is 29.9 Å². The quantitative estimate of drug-likeness (QED) is 0.482. The van der Waals surface area contributed by atoms with Gasteiger partial charge >= 0.3 is 5.97 Å². The number of thiazole rings is 1. The number of nitrogens with zero attached hydrogens (tertiary/aromatic N) is 2. The monoisotopic (exact) mass is 479 g/mol. The third-order valence-electron chi connectivity index (χ3n) is 4.20. The molecule has 0 aliphatic carbocycles. The van der Waals surface area contributed by atoms with E-state index in [0.717, 1.165) is 11.3 Å². The number of carbonyl (C=O) groups is 2. The molecule has 0 saturated heterocycles. The van der Waals surface area contributed by atoms with E-state index in [0.29, 0.717) is 21.7 Å². The maximum Gasteiger partial charge on any atom is 0.326 e. The van der Waals surface area contributed by atoms with E-state index < -0.39 is 21.9 Å². The minimum Gasteiger partial charge on any atom is -0.497 e. The minimum absolute atomic E-state index is 0.0891. The zero-order chi connectivity index (χ0) is 23.3. The molecule has 2 aromatic carbocycles. The molecule has 1 aromatic heterocycles. The lowest BCUT2D eigenvalue weighted by Gasteiger charge is -2.06. The van der Waals surface area contributed by atoms with Crippen molar-refractivity contribution in [2.24, 2.45) is 10.1 Å². The van der Waals surface area contributed by atoms with Gasteiger partial charge in [0.2, 0.25) is 10.0 Å². The summed E-state index contributed by atoms with van der Waals surface area (Å²) in [6.45, 7) is 1.32. The number of hydrogen-bond donors (Lipinski definition) is 1. The number of rotatable bonds is 8. The average Bonchev–Trinajstić information content (AvgIpc) is 3.08. The number of nitrogens with two attached hydrogens (primary N) is 1. The van der Waals surface area contributed by atoms with Crippen LogP contribution >= 0.6 is 11.3 Å². The SMILES string of the molecule is CCOC(=O)Cn1c(=NC(=O)COc2cccc(OC)c2)sc2cc(S(N)(=O)=O)ccc21. The molecule has 3 rings (SSSR count). The summed E-state index contributed by atoms with van der Waals surface area (Å²) in [4.78, 5) is 28.7. The number of aromatic nitrogens is 1. The van der Waals surface area contributed by atoms with Gasteiger partial charge in [0, 0.05) is 6.07 Å². The summed E-state index contributed by atoms with van der Waals surface area (Å²) in [6, 6.07) is 11.0. The second kappa shape index (κ2) is 9.94.